The average Bonchev–Trinajstić information content (AvgIpc) is 2.78. The number of nitrogens with zero attached hydrogens (tertiary/aromatic N) is 4. The van der Waals surface area contributed by atoms with Crippen molar-refractivity contribution in [3.63, 3.8) is 0 Å². The largest absolute Gasteiger partial charge is 0.419 e. The van der Waals surface area contributed by atoms with Crippen LogP contribution in [0.5, 0.6) is 0 Å². The van der Waals surface area contributed by atoms with Crippen LogP contribution in [0.4, 0.5) is 28.9 Å². The fourth-order valence-corrected chi connectivity index (χ4v) is 4.15. The van der Waals surface area contributed by atoms with Crippen molar-refractivity contribution < 1.29 is 27.2 Å². The second-order valence-corrected chi connectivity index (χ2v) is 7.88. The number of amides is 2. The number of anilines is 2. The van der Waals surface area contributed by atoms with Crippen LogP contribution in [0.2, 0.25) is 0 Å². The summed E-state index contributed by atoms with van der Waals surface area (Å²) in [5, 5.41) is 11.3. The second-order valence-electron chi connectivity index (χ2n) is 7.67. The third kappa shape index (κ3) is 4.31. The lowest BCUT2D eigenvalue weighted by atomic mass is 9.74. The molecule has 2 amide bonds. The Morgan fingerprint density at radius 2 is 1.94 bits per heavy atom. The number of aromatic nitrogens is 1. The third-order valence-electron chi connectivity index (χ3n) is 5.82. The Balaban J connectivity index is 2.00. The summed E-state index contributed by atoms with van der Waals surface area (Å²) < 4.78 is 54.7. The summed E-state index contributed by atoms with van der Waals surface area (Å²) in [6.45, 7) is 0. The Kier molecular flexibility index (Phi) is 6.88. The van der Waals surface area contributed by atoms with E-state index in [9.17, 15) is 27.2 Å². The van der Waals surface area contributed by atoms with Crippen LogP contribution in [-0.4, -0.2) is 41.9 Å². The van der Waals surface area contributed by atoms with Crippen molar-refractivity contribution in [2.45, 2.75) is 31.0 Å². The van der Waals surface area contributed by atoms with Gasteiger partial charge in [0.15, 0.2) is 5.69 Å². The van der Waals surface area contributed by atoms with Crippen LogP contribution < -0.4 is 15.1 Å². The molecule has 7 nitrogen and oxygen atoms in total. The number of carbonyl (C=O) groups excluding carboxylic acids is 2. The van der Waals surface area contributed by atoms with E-state index < -0.39 is 40.6 Å². The molecule has 1 heterocycles. The third-order valence-corrected chi connectivity index (χ3v) is 6.04. The van der Waals surface area contributed by atoms with Gasteiger partial charge in [0.25, 0.3) is 11.8 Å². The predicted octanol–water partition coefficient (Wildman–Crippen LogP) is 3.82. The van der Waals surface area contributed by atoms with Gasteiger partial charge < -0.3 is 15.1 Å². The summed E-state index contributed by atoms with van der Waals surface area (Å²) in [6.07, 6.45) is -2.55. The molecule has 0 bridgehead atoms. The van der Waals surface area contributed by atoms with Gasteiger partial charge in [-0.3, -0.25) is 9.59 Å². The maximum absolute atomic E-state index is 14.6. The average molecular weight is 493 g/mol. The summed E-state index contributed by atoms with van der Waals surface area (Å²) >= 11 is 5.11. The van der Waals surface area contributed by atoms with Crippen LogP contribution in [-0.2, 0) is 11.0 Å². The molecule has 1 aliphatic carbocycles. The maximum Gasteiger partial charge on any atom is 0.419 e. The summed E-state index contributed by atoms with van der Waals surface area (Å²) in [5.74, 6) is -2.02. The maximum atomic E-state index is 14.6. The fourth-order valence-electron chi connectivity index (χ4n) is 3.82. The zero-order chi connectivity index (χ0) is 25.3. The highest BCUT2D eigenvalue weighted by Gasteiger charge is 2.51. The molecule has 34 heavy (non-hydrogen) atoms. The van der Waals surface area contributed by atoms with Crippen molar-refractivity contribution in [3.05, 3.63) is 53.1 Å². The minimum atomic E-state index is -4.84. The first-order valence-electron chi connectivity index (χ1n) is 10.0. The van der Waals surface area contributed by atoms with Crippen LogP contribution in [0.15, 0.2) is 30.5 Å². The van der Waals surface area contributed by atoms with Gasteiger partial charge in [0, 0.05) is 19.8 Å². The lowest BCUT2D eigenvalue weighted by Crippen LogP contribution is -2.63. The van der Waals surface area contributed by atoms with Gasteiger partial charge in [-0.15, -0.1) is 0 Å². The molecule has 178 valence electrons. The molecule has 1 aliphatic rings. The highest BCUT2D eigenvalue weighted by atomic mass is 32.1. The number of thiocarbonyl (C=S) groups is 1. The highest BCUT2D eigenvalue weighted by Crippen LogP contribution is 2.42. The Morgan fingerprint density at radius 1 is 1.26 bits per heavy atom. The Labute approximate surface area is 198 Å². The molecule has 12 heteroatoms. The standard InChI is InChI=1S/C22H19F4N5O2S/c1-28-19(32)15-5-4-13(9-17(15)23)31(12-34)21(6-3-7-21)20(33)30(2)14-8-16(22(24,25)26)18(10-27)29-11-14/h4-5,8-9,11-12H,3,6-7H2,1-2H3,(H,28,32). The Morgan fingerprint density at radius 3 is 2.41 bits per heavy atom. The molecule has 3 rings (SSSR count). The molecule has 1 fully saturated rings. The number of halogens is 4. The molecule has 2 aromatic rings. The number of rotatable bonds is 6. The lowest BCUT2D eigenvalue weighted by Gasteiger charge is -2.49. The Bertz CT molecular complexity index is 1190. The fraction of sp³-hybridized carbons (Fsp3) is 0.318. The molecule has 0 saturated heterocycles. The van der Waals surface area contributed by atoms with Crippen molar-refractivity contribution in [2.24, 2.45) is 0 Å². The smallest absolute Gasteiger partial charge is 0.355 e. The molecule has 0 unspecified atom stereocenters. The number of alkyl halides is 3. The van der Waals surface area contributed by atoms with Crippen LogP contribution in [0.1, 0.15) is 40.9 Å². The van der Waals surface area contributed by atoms with Gasteiger partial charge in [0.2, 0.25) is 0 Å². The van der Waals surface area contributed by atoms with E-state index in [-0.39, 0.29) is 16.9 Å². The van der Waals surface area contributed by atoms with Crippen molar-refractivity contribution in [3.8, 4) is 6.07 Å². The van der Waals surface area contributed by atoms with E-state index in [0.29, 0.717) is 25.3 Å². The van der Waals surface area contributed by atoms with Gasteiger partial charge in [0.1, 0.15) is 17.4 Å². The van der Waals surface area contributed by atoms with Gasteiger partial charge in [0.05, 0.1) is 28.5 Å². The summed E-state index contributed by atoms with van der Waals surface area (Å²) in [6, 6.07) is 5.86. The van der Waals surface area contributed by atoms with Gasteiger partial charge in [-0.2, -0.15) is 18.4 Å². The Hall–Kier alpha value is -3.59. The summed E-state index contributed by atoms with van der Waals surface area (Å²) in [5.41, 5.74) is -2.27. The summed E-state index contributed by atoms with van der Waals surface area (Å²) in [7, 11) is 2.65. The van der Waals surface area contributed by atoms with E-state index in [2.05, 4.69) is 10.3 Å². The van der Waals surface area contributed by atoms with E-state index in [4.69, 9.17) is 17.5 Å². The predicted molar refractivity (Wildman–Crippen MR) is 120 cm³/mol. The molecule has 1 N–H and O–H groups in total. The molecular formula is C22H19F4N5O2S. The molecule has 0 radical (unpaired) electrons. The van der Waals surface area contributed by atoms with Crippen molar-refractivity contribution in [1.29, 1.82) is 5.26 Å². The molecule has 1 aromatic carbocycles. The number of nitriles is 1. The van der Waals surface area contributed by atoms with Crippen LogP contribution in [0, 0.1) is 17.1 Å². The molecule has 0 spiro atoms. The topological polar surface area (TPSA) is 89.3 Å². The van der Waals surface area contributed by atoms with Crippen molar-refractivity contribution in [1.82, 2.24) is 10.3 Å². The van der Waals surface area contributed by atoms with E-state index in [1.54, 1.807) is 0 Å². The zero-order valence-corrected chi connectivity index (χ0v) is 18.9. The summed E-state index contributed by atoms with van der Waals surface area (Å²) in [4.78, 5) is 31.3. The number of pyridine rings is 1. The molecule has 1 aromatic heterocycles. The number of nitrogens with one attached hydrogen (secondary N) is 1. The quantitative estimate of drug-likeness (QED) is 0.486. The minimum absolute atomic E-state index is 0.159. The molecule has 1 saturated carbocycles. The van der Waals surface area contributed by atoms with Gasteiger partial charge in [-0.25, -0.2) is 9.37 Å². The first-order chi connectivity index (χ1) is 16.0. The van der Waals surface area contributed by atoms with Crippen molar-refractivity contribution in [2.75, 3.05) is 23.9 Å². The first kappa shape index (κ1) is 25.0. The number of carbonyl (C=O) groups is 2. The van der Waals surface area contributed by atoms with E-state index >= 15 is 0 Å². The van der Waals surface area contributed by atoms with Gasteiger partial charge in [-0.1, -0.05) is 12.2 Å². The lowest BCUT2D eigenvalue weighted by molar-refractivity contribution is -0.138. The van der Waals surface area contributed by atoms with Gasteiger partial charge in [-0.05, 0) is 43.5 Å². The number of hydrogen-bond acceptors (Lipinski definition) is 5. The highest BCUT2D eigenvalue weighted by molar-refractivity contribution is 7.79. The van der Waals surface area contributed by atoms with Gasteiger partial charge >= 0.3 is 6.18 Å². The normalized spacial score (nSPS) is 14.4. The van der Waals surface area contributed by atoms with E-state index in [1.807, 2.05) is 0 Å². The van der Waals surface area contributed by atoms with Crippen LogP contribution in [0.3, 0.4) is 0 Å². The molecule has 0 aliphatic heterocycles. The monoisotopic (exact) mass is 493 g/mol. The van der Waals surface area contributed by atoms with Crippen LogP contribution >= 0.6 is 12.2 Å². The number of likely N-dealkylation sites (N-methyl/N-ethyl adjacent to an activating group) is 1. The second kappa shape index (κ2) is 9.34. The minimum Gasteiger partial charge on any atom is -0.355 e. The molecule has 0 atom stereocenters. The van der Waals surface area contributed by atoms with E-state index in [1.165, 1.54) is 42.7 Å². The zero-order valence-electron chi connectivity index (χ0n) is 18.1. The van der Waals surface area contributed by atoms with E-state index in [0.717, 1.165) is 17.2 Å². The molecular weight excluding hydrogens is 474 g/mol. The first-order valence-corrected chi connectivity index (χ1v) is 10.5. The number of benzene rings is 1. The van der Waals surface area contributed by atoms with Crippen LogP contribution in [0.25, 0.3) is 0 Å². The SMILES string of the molecule is CNC(=O)c1ccc(N(C=S)C2(C(=O)N(C)c3cnc(C#N)c(C(F)(F)F)c3)CCC2)cc1F. The number of hydrogen-bond donors (Lipinski definition) is 1. The van der Waals surface area contributed by atoms with Crippen molar-refractivity contribution >= 4 is 40.9 Å².